The molecule has 122 valence electrons. The topological polar surface area (TPSA) is 49.7 Å². The third-order valence-corrected chi connectivity index (χ3v) is 4.64. The van der Waals surface area contributed by atoms with Crippen LogP contribution in [0.25, 0.3) is 5.57 Å². The first kappa shape index (κ1) is 15.3. The van der Waals surface area contributed by atoms with Crippen molar-refractivity contribution in [2.24, 2.45) is 10.5 Å². The van der Waals surface area contributed by atoms with Crippen molar-refractivity contribution >= 4 is 28.7 Å². The van der Waals surface area contributed by atoms with Crippen LogP contribution in [0.5, 0.6) is 0 Å². The van der Waals surface area contributed by atoms with Crippen LogP contribution in [0.3, 0.4) is 0 Å². The molecule has 1 amide bonds. The van der Waals surface area contributed by atoms with E-state index in [1.54, 1.807) is 12.2 Å². The van der Waals surface area contributed by atoms with Crippen molar-refractivity contribution in [2.45, 2.75) is 6.92 Å². The summed E-state index contributed by atoms with van der Waals surface area (Å²) < 4.78 is 0. The predicted molar refractivity (Wildman–Crippen MR) is 98.0 cm³/mol. The largest absolute Gasteiger partial charge is 0.290 e. The van der Waals surface area contributed by atoms with Crippen molar-refractivity contribution in [3.63, 3.8) is 0 Å². The number of rotatable bonds is 2. The SMILES string of the molecule is CC1=NN(c2ccccc2)C(=O)C12C=CC(=O)C=C2c1ccccc1. The molecule has 0 radical (unpaired) electrons. The number of hydrogen-bond acceptors (Lipinski definition) is 3. The van der Waals surface area contributed by atoms with Gasteiger partial charge in [0.05, 0.1) is 11.4 Å². The van der Waals surface area contributed by atoms with Crippen molar-refractivity contribution in [3.05, 3.63) is 84.5 Å². The Hall–Kier alpha value is -3.27. The normalized spacial score (nSPS) is 22.4. The maximum atomic E-state index is 13.4. The lowest BCUT2D eigenvalue weighted by Gasteiger charge is -2.30. The van der Waals surface area contributed by atoms with Gasteiger partial charge in [-0.15, -0.1) is 0 Å². The molecule has 0 N–H and O–H groups in total. The molecule has 0 aromatic heterocycles. The molecule has 1 aliphatic heterocycles. The minimum atomic E-state index is -1.04. The second kappa shape index (κ2) is 5.67. The fourth-order valence-corrected chi connectivity index (χ4v) is 3.37. The third kappa shape index (κ3) is 2.26. The highest BCUT2D eigenvalue weighted by molar-refractivity contribution is 6.30. The summed E-state index contributed by atoms with van der Waals surface area (Å²) in [6.45, 7) is 1.83. The zero-order valence-electron chi connectivity index (χ0n) is 13.7. The summed E-state index contributed by atoms with van der Waals surface area (Å²) >= 11 is 0. The van der Waals surface area contributed by atoms with Crippen LogP contribution in [0.15, 0.2) is 84.0 Å². The summed E-state index contributed by atoms with van der Waals surface area (Å²) in [5, 5.41) is 5.94. The summed E-state index contributed by atoms with van der Waals surface area (Å²) in [6.07, 6.45) is 4.68. The van der Waals surface area contributed by atoms with E-state index in [1.165, 1.54) is 11.1 Å². The van der Waals surface area contributed by atoms with Gasteiger partial charge in [-0.3, -0.25) is 9.59 Å². The van der Waals surface area contributed by atoms with E-state index >= 15 is 0 Å². The number of nitrogens with zero attached hydrogens (tertiary/aromatic N) is 2. The van der Waals surface area contributed by atoms with E-state index < -0.39 is 5.41 Å². The average Bonchev–Trinajstić information content (AvgIpc) is 2.90. The van der Waals surface area contributed by atoms with Gasteiger partial charge in [0.2, 0.25) is 0 Å². The van der Waals surface area contributed by atoms with Gasteiger partial charge in [-0.2, -0.15) is 10.1 Å². The van der Waals surface area contributed by atoms with Crippen LogP contribution >= 0.6 is 0 Å². The lowest BCUT2D eigenvalue weighted by atomic mass is 9.70. The standard InChI is InChI=1S/C21H16N2O2/c1-15-21(20(25)23(22-15)17-10-6-3-7-11-17)13-12-18(24)14-19(21)16-8-4-2-5-9-16/h2-14H,1H3. The van der Waals surface area contributed by atoms with Crippen molar-refractivity contribution in [2.75, 3.05) is 5.01 Å². The van der Waals surface area contributed by atoms with Crippen LogP contribution < -0.4 is 5.01 Å². The summed E-state index contributed by atoms with van der Waals surface area (Å²) in [7, 11) is 0. The average molecular weight is 328 g/mol. The van der Waals surface area contributed by atoms with Crippen LogP contribution in [-0.2, 0) is 9.59 Å². The van der Waals surface area contributed by atoms with Crippen LogP contribution in [-0.4, -0.2) is 17.4 Å². The van der Waals surface area contributed by atoms with Gasteiger partial charge < -0.3 is 0 Å². The predicted octanol–water partition coefficient (Wildman–Crippen LogP) is 3.62. The number of para-hydroxylation sites is 1. The zero-order chi connectivity index (χ0) is 17.4. The number of carbonyl (C=O) groups is 2. The summed E-state index contributed by atoms with van der Waals surface area (Å²) in [6, 6.07) is 18.8. The Morgan fingerprint density at radius 2 is 1.56 bits per heavy atom. The van der Waals surface area contributed by atoms with Crippen molar-refractivity contribution in [3.8, 4) is 0 Å². The molecule has 0 saturated carbocycles. The van der Waals surface area contributed by atoms with Gasteiger partial charge >= 0.3 is 0 Å². The van der Waals surface area contributed by atoms with E-state index in [-0.39, 0.29) is 11.7 Å². The van der Waals surface area contributed by atoms with Crippen molar-refractivity contribution in [1.29, 1.82) is 0 Å². The maximum absolute atomic E-state index is 13.4. The molecule has 1 unspecified atom stereocenters. The van der Waals surface area contributed by atoms with Crippen LogP contribution in [0.4, 0.5) is 5.69 Å². The monoisotopic (exact) mass is 328 g/mol. The molecule has 0 saturated heterocycles. The molecule has 2 aliphatic rings. The van der Waals surface area contributed by atoms with E-state index in [4.69, 9.17) is 0 Å². The molecule has 4 rings (SSSR count). The first-order valence-electron chi connectivity index (χ1n) is 8.09. The molecule has 1 aliphatic carbocycles. The molecule has 4 heteroatoms. The Morgan fingerprint density at radius 1 is 0.920 bits per heavy atom. The molecule has 1 spiro atoms. The van der Waals surface area contributed by atoms with Gasteiger partial charge in [-0.1, -0.05) is 54.6 Å². The molecular formula is C21H16N2O2. The second-order valence-electron chi connectivity index (χ2n) is 6.11. The van der Waals surface area contributed by atoms with E-state index in [9.17, 15) is 9.59 Å². The number of benzene rings is 2. The van der Waals surface area contributed by atoms with Crippen molar-refractivity contribution in [1.82, 2.24) is 0 Å². The van der Waals surface area contributed by atoms with Gasteiger partial charge in [0, 0.05) is 0 Å². The van der Waals surface area contributed by atoms with Crippen LogP contribution in [0.2, 0.25) is 0 Å². The van der Waals surface area contributed by atoms with E-state index in [2.05, 4.69) is 5.10 Å². The number of hydrogen-bond donors (Lipinski definition) is 0. The van der Waals surface area contributed by atoms with E-state index in [1.807, 2.05) is 67.6 Å². The summed E-state index contributed by atoms with van der Waals surface area (Å²) in [5.74, 6) is -0.293. The fraction of sp³-hybridized carbons (Fsp3) is 0.0952. The lowest BCUT2D eigenvalue weighted by Crippen LogP contribution is -2.40. The number of hydrazone groups is 1. The van der Waals surface area contributed by atoms with Gasteiger partial charge in [0.1, 0.15) is 5.41 Å². The minimum absolute atomic E-state index is 0.122. The third-order valence-electron chi connectivity index (χ3n) is 4.64. The fourth-order valence-electron chi connectivity index (χ4n) is 3.37. The van der Waals surface area contributed by atoms with Gasteiger partial charge in [-0.25, -0.2) is 0 Å². The van der Waals surface area contributed by atoms with Crippen molar-refractivity contribution < 1.29 is 9.59 Å². The highest BCUT2D eigenvalue weighted by atomic mass is 16.2. The molecule has 0 bridgehead atoms. The Morgan fingerprint density at radius 3 is 2.24 bits per heavy atom. The number of ketones is 1. The maximum Gasteiger partial charge on any atom is 0.267 e. The zero-order valence-corrected chi connectivity index (χ0v) is 13.7. The molecular weight excluding hydrogens is 312 g/mol. The minimum Gasteiger partial charge on any atom is -0.290 e. The van der Waals surface area contributed by atoms with E-state index in [0.717, 1.165) is 5.56 Å². The number of anilines is 1. The molecule has 2 aromatic rings. The Kier molecular flexibility index (Phi) is 3.46. The highest BCUT2D eigenvalue weighted by Crippen LogP contribution is 2.46. The first-order valence-corrected chi connectivity index (χ1v) is 8.09. The highest BCUT2D eigenvalue weighted by Gasteiger charge is 2.52. The summed E-state index contributed by atoms with van der Waals surface area (Å²) in [4.78, 5) is 25.4. The van der Waals surface area contributed by atoms with Gasteiger partial charge in [0.15, 0.2) is 5.78 Å². The van der Waals surface area contributed by atoms with Crippen LogP contribution in [0.1, 0.15) is 12.5 Å². The lowest BCUT2D eigenvalue weighted by molar-refractivity contribution is -0.120. The number of carbonyl (C=O) groups excluding carboxylic acids is 2. The molecule has 0 fully saturated rings. The molecule has 1 atom stereocenters. The van der Waals surface area contributed by atoms with Gasteiger partial charge in [0.25, 0.3) is 5.91 Å². The second-order valence-corrected chi connectivity index (χ2v) is 6.11. The van der Waals surface area contributed by atoms with Gasteiger partial charge in [-0.05, 0) is 42.3 Å². The Labute approximate surface area is 145 Å². The Balaban J connectivity index is 1.87. The molecule has 4 nitrogen and oxygen atoms in total. The molecule has 2 aromatic carbocycles. The smallest absolute Gasteiger partial charge is 0.267 e. The summed E-state index contributed by atoms with van der Waals surface area (Å²) in [5.41, 5.74) is 1.84. The first-order chi connectivity index (χ1) is 12.1. The number of amides is 1. The quantitative estimate of drug-likeness (QED) is 0.845. The number of allylic oxidation sites excluding steroid dienone is 2. The molecule has 1 heterocycles. The van der Waals surface area contributed by atoms with Crippen LogP contribution in [0, 0.1) is 5.41 Å². The Bertz CT molecular complexity index is 942. The molecule has 25 heavy (non-hydrogen) atoms. The van der Waals surface area contributed by atoms with E-state index in [0.29, 0.717) is 17.0 Å².